The van der Waals surface area contributed by atoms with Crippen molar-refractivity contribution < 1.29 is 9.90 Å². The van der Waals surface area contributed by atoms with Gasteiger partial charge in [0.05, 0.1) is 11.0 Å². The van der Waals surface area contributed by atoms with Crippen molar-refractivity contribution in [3.05, 3.63) is 60.4 Å². The fourth-order valence-corrected chi connectivity index (χ4v) is 2.95. The summed E-state index contributed by atoms with van der Waals surface area (Å²) in [5.74, 6) is 0.852. The molecule has 1 amide bonds. The van der Waals surface area contributed by atoms with Crippen LogP contribution in [-0.4, -0.2) is 33.2 Å². The van der Waals surface area contributed by atoms with Gasteiger partial charge < -0.3 is 10.4 Å². The number of hydrogen-bond donors (Lipinski definition) is 2. The molecule has 2 N–H and O–H groups in total. The number of amides is 1. The number of carbonyl (C=O) groups is 1. The van der Waals surface area contributed by atoms with Crippen LogP contribution in [0.3, 0.4) is 0 Å². The van der Waals surface area contributed by atoms with Gasteiger partial charge in [-0.2, -0.15) is 0 Å². The predicted molar refractivity (Wildman–Crippen MR) is 98.7 cm³/mol. The molecular formula is C20H23N3O2. The number of rotatable bonds is 7. The van der Waals surface area contributed by atoms with Gasteiger partial charge in [-0.25, -0.2) is 4.98 Å². The number of aliphatic hydroxyl groups is 1. The molecule has 3 aromatic rings. The molecule has 0 spiro atoms. The molecular weight excluding hydrogens is 314 g/mol. The van der Waals surface area contributed by atoms with E-state index in [1.807, 2.05) is 61.5 Å². The number of nitrogens with one attached hydrogen (secondary N) is 1. The monoisotopic (exact) mass is 337 g/mol. The van der Waals surface area contributed by atoms with Crippen molar-refractivity contribution >= 4 is 16.9 Å². The second kappa shape index (κ2) is 7.94. The fourth-order valence-electron chi connectivity index (χ4n) is 2.95. The first-order valence-electron chi connectivity index (χ1n) is 8.61. The first kappa shape index (κ1) is 17.2. The Kier molecular flexibility index (Phi) is 5.46. The fraction of sp³-hybridized carbons (Fsp3) is 0.300. The maximum Gasteiger partial charge on any atom is 0.220 e. The molecule has 0 saturated carbocycles. The van der Waals surface area contributed by atoms with Crippen molar-refractivity contribution in [3.8, 4) is 5.69 Å². The summed E-state index contributed by atoms with van der Waals surface area (Å²) in [5, 5.41) is 11.8. The first-order valence-corrected chi connectivity index (χ1v) is 8.61. The van der Waals surface area contributed by atoms with E-state index in [0.717, 1.165) is 22.5 Å². The van der Waals surface area contributed by atoms with Crippen molar-refractivity contribution in [2.24, 2.45) is 0 Å². The highest BCUT2D eigenvalue weighted by Gasteiger charge is 2.14. The summed E-state index contributed by atoms with van der Waals surface area (Å²) in [6, 6.07) is 18.0. The Balaban J connectivity index is 1.83. The highest BCUT2D eigenvalue weighted by atomic mass is 16.3. The van der Waals surface area contributed by atoms with Gasteiger partial charge in [-0.05, 0) is 37.6 Å². The lowest BCUT2D eigenvalue weighted by atomic mass is 10.2. The zero-order valence-electron chi connectivity index (χ0n) is 14.4. The Morgan fingerprint density at radius 2 is 1.88 bits per heavy atom. The number of nitrogens with zero attached hydrogens (tertiary/aromatic N) is 2. The molecule has 1 unspecified atom stereocenters. The van der Waals surface area contributed by atoms with E-state index in [1.165, 1.54) is 0 Å². The zero-order chi connectivity index (χ0) is 17.6. The number of aryl methyl sites for hydroxylation is 1. The van der Waals surface area contributed by atoms with Gasteiger partial charge in [-0.1, -0.05) is 30.3 Å². The lowest BCUT2D eigenvalue weighted by Crippen LogP contribution is -2.33. The van der Waals surface area contributed by atoms with E-state index in [-0.39, 0.29) is 18.6 Å². The SMILES string of the molecule is CC(CCO)NC(=O)CCc1nc2ccccc2n1-c1ccccc1. The maximum atomic E-state index is 12.1. The molecule has 3 rings (SSSR count). The minimum absolute atomic E-state index is 0.0207. The van der Waals surface area contributed by atoms with Crippen LogP contribution < -0.4 is 5.32 Å². The molecule has 130 valence electrons. The molecule has 0 bridgehead atoms. The predicted octanol–water partition coefficient (Wildman–Crippen LogP) is 2.85. The number of aromatic nitrogens is 2. The quantitative estimate of drug-likeness (QED) is 0.697. The van der Waals surface area contributed by atoms with E-state index in [2.05, 4.69) is 9.88 Å². The minimum atomic E-state index is -0.0227. The molecule has 1 atom stereocenters. The van der Waals surface area contributed by atoms with Gasteiger partial charge in [0.25, 0.3) is 0 Å². The van der Waals surface area contributed by atoms with Crippen molar-refractivity contribution in [3.63, 3.8) is 0 Å². The van der Waals surface area contributed by atoms with E-state index >= 15 is 0 Å². The first-order chi connectivity index (χ1) is 12.2. The van der Waals surface area contributed by atoms with Gasteiger partial charge in [0.1, 0.15) is 5.82 Å². The largest absolute Gasteiger partial charge is 0.396 e. The second-order valence-corrected chi connectivity index (χ2v) is 6.17. The van der Waals surface area contributed by atoms with Crippen LogP contribution in [0.25, 0.3) is 16.7 Å². The van der Waals surface area contributed by atoms with Crippen molar-refractivity contribution in [2.75, 3.05) is 6.61 Å². The number of fused-ring (bicyclic) bond motifs is 1. The normalized spacial score (nSPS) is 12.2. The molecule has 2 aromatic carbocycles. The number of benzene rings is 2. The molecule has 0 saturated heterocycles. The average Bonchev–Trinajstić information content (AvgIpc) is 2.99. The third-order valence-corrected chi connectivity index (χ3v) is 4.19. The van der Waals surface area contributed by atoms with Gasteiger partial charge in [-0.3, -0.25) is 9.36 Å². The summed E-state index contributed by atoms with van der Waals surface area (Å²) in [4.78, 5) is 16.9. The standard InChI is InChI=1S/C20H23N3O2/c1-15(13-14-24)21-20(25)12-11-19-22-17-9-5-6-10-18(17)23(19)16-7-3-2-4-8-16/h2-10,15,24H,11-14H2,1H3,(H,21,25). The maximum absolute atomic E-state index is 12.1. The van der Waals surface area contributed by atoms with Crippen LogP contribution in [0.5, 0.6) is 0 Å². The van der Waals surface area contributed by atoms with E-state index in [0.29, 0.717) is 19.3 Å². The highest BCUT2D eigenvalue weighted by molar-refractivity contribution is 5.79. The Labute approximate surface area is 147 Å². The summed E-state index contributed by atoms with van der Waals surface area (Å²) in [6.45, 7) is 1.97. The highest BCUT2D eigenvalue weighted by Crippen LogP contribution is 2.22. The minimum Gasteiger partial charge on any atom is -0.396 e. The van der Waals surface area contributed by atoms with E-state index in [1.54, 1.807) is 0 Å². The molecule has 0 aliphatic rings. The summed E-state index contributed by atoms with van der Waals surface area (Å²) in [6.07, 6.45) is 1.49. The van der Waals surface area contributed by atoms with Gasteiger partial charge in [0.15, 0.2) is 0 Å². The van der Waals surface area contributed by atoms with Gasteiger partial charge in [-0.15, -0.1) is 0 Å². The Hall–Kier alpha value is -2.66. The van der Waals surface area contributed by atoms with Crippen molar-refractivity contribution in [2.45, 2.75) is 32.2 Å². The van der Waals surface area contributed by atoms with E-state index in [9.17, 15) is 4.79 Å². The molecule has 25 heavy (non-hydrogen) atoms. The van der Waals surface area contributed by atoms with Crippen LogP contribution in [0.15, 0.2) is 54.6 Å². The van der Waals surface area contributed by atoms with Crippen LogP contribution in [0, 0.1) is 0 Å². The molecule has 0 radical (unpaired) electrons. The van der Waals surface area contributed by atoms with Crippen LogP contribution in [0.2, 0.25) is 0 Å². The third kappa shape index (κ3) is 4.06. The van der Waals surface area contributed by atoms with Gasteiger partial charge in [0.2, 0.25) is 5.91 Å². The smallest absolute Gasteiger partial charge is 0.220 e. The van der Waals surface area contributed by atoms with Crippen LogP contribution in [0.1, 0.15) is 25.6 Å². The summed E-state index contributed by atoms with van der Waals surface area (Å²) in [5.41, 5.74) is 3.01. The van der Waals surface area contributed by atoms with Crippen LogP contribution >= 0.6 is 0 Å². The summed E-state index contributed by atoms with van der Waals surface area (Å²) >= 11 is 0. The van der Waals surface area contributed by atoms with E-state index in [4.69, 9.17) is 10.1 Å². The number of para-hydroxylation sites is 3. The summed E-state index contributed by atoms with van der Waals surface area (Å²) < 4.78 is 2.11. The molecule has 0 aliphatic heterocycles. The summed E-state index contributed by atoms with van der Waals surface area (Å²) in [7, 11) is 0. The molecule has 0 aliphatic carbocycles. The molecule has 1 aromatic heterocycles. The van der Waals surface area contributed by atoms with E-state index < -0.39 is 0 Å². The van der Waals surface area contributed by atoms with Crippen molar-refractivity contribution in [1.82, 2.24) is 14.9 Å². The molecule has 5 nitrogen and oxygen atoms in total. The number of imidazole rings is 1. The second-order valence-electron chi connectivity index (χ2n) is 6.17. The van der Waals surface area contributed by atoms with Gasteiger partial charge in [0, 0.05) is 31.2 Å². The zero-order valence-corrected chi connectivity index (χ0v) is 14.4. The van der Waals surface area contributed by atoms with Gasteiger partial charge >= 0.3 is 0 Å². The lowest BCUT2D eigenvalue weighted by Gasteiger charge is -2.13. The van der Waals surface area contributed by atoms with Crippen molar-refractivity contribution in [1.29, 1.82) is 0 Å². The topological polar surface area (TPSA) is 67.2 Å². The lowest BCUT2D eigenvalue weighted by molar-refractivity contribution is -0.121. The Bertz CT molecular complexity index is 843. The third-order valence-electron chi connectivity index (χ3n) is 4.19. The van der Waals surface area contributed by atoms with Crippen LogP contribution in [0.4, 0.5) is 0 Å². The molecule has 0 fully saturated rings. The molecule has 1 heterocycles. The average molecular weight is 337 g/mol. The number of aliphatic hydroxyl groups excluding tert-OH is 1. The Morgan fingerprint density at radius 1 is 1.16 bits per heavy atom. The van der Waals surface area contributed by atoms with Crippen LogP contribution in [-0.2, 0) is 11.2 Å². The Morgan fingerprint density at radius 3 is 2.64 bits per heavy atom. The number of carbonyl (C=O) groups excluding carboxylic acids is 1. The molecule has 5 heteroatoms. The number of hydrogen-bond acceptors (Lipinski definition) is 3.